The molecule has 1 heterocycles. The Kier molecular flexibility index (Phi) is 4.29. The van der Waals surface area contributed by atoms with Crippen LogP contribution in [0.4, 0.5) is 0 Å². The van der Waals surface area contributed by atoms with E-state index in [0.29, 0.717) is 12.3 Å². The van der Waals surface area contributed by atoms with Crippen LogP contribution in [0, 0.1) is 0 Å². The Labute approximate surface area is 118 Å². The number of hydrogen-bond acceptors (Lipinski definition) is 5. The summed E-state index contributed by atoms with van der Waals surface area (Å²) in [7, 11) is 1.61. The Morgan fingerprint density at radius 3 is 2.70 bits per heavy atom. The van der Waals surface area contributed by atoms with Crippen molar-refractivity contribution in [1.29, 1.82) is 0 Å². The molecule has 0 spiro atoms. The van der Waals surface area contributed by atoms with Gasteiger partial charge in [0.1, 0.15) is 17.8 Å². The van der Waals surface area contributed by atoms with Crippen LogP contribution in [0.5, 0.6) is 17.6 Å². The maximum Gasteiger partial charge on any atom is 0.399 e. The van der Waals surface area contributed by atoms with Crippen molar-refractivity contribution < 1.29 is 13.9 Å². The zero-order valence-electron chi connectivity index (χ0n) is 12.3. The predicted octanol–water partition coefficient (Wildman–Crippen LogP) is 3.36. The first-order valence-corrected chi connectivity index (χ1v) is 6.47. The average molecular weight is 276 g/mol. The minimum absolute atomic E-state index is 0.0345. The molecule has 20 heavy (non-hydrogen) atoms. The predicted molar refractivity (Wildman–Crippen MR) is 76.2 cm³/mol. The first-order valence-electron chi connectivity index (χ1n) is 6.47. The van der Waals surface area contributed by atoms with Crippen LogP contribution in [0.2, 0.25) is 0 Å². The quantitative estimate of drug-likeness (QED) is 0.907. The molecular weight excluding hydrogens is 256 g/mol. The number of benzene rings is 1. The van der Waals surface area contributed by atoms with Gasteiger partial charge in [-0.2, -0.15) is 4.98 Å². The first kappa shape index (κ1) is 14.4. The van der Waals surface area contributed by atoms with E-state index in [1.165, 1.54) is 0 Å². The van der Waals surface area contributed by atoms with Gasteiger partial charge in [0.05, 0.1) is 12.8 Å². The molecular formula is C15H20N2O3. The van der Waals surface area contributed by atoms with Crippen LogP contribution in [-0.2, 0) is 6.54 Å². The molecule has 0 aliphatic rings. The number of nitrogens with one attached hydrogen (secondary N) is 1. The maximum absolute atomic E-state index is 5.55. The van der Waals surface area contributed by atoms with Crippen molar-refractivity contribution in [2.45, 2.75) is 32.9 Å². The third-order valence-electron chi connectivity index (χ3n) is 2.58. The standard InChI is InChI=1S/C15H20N2O3/c1-15(2,3)16-9-11-10-19-14(17-11)20-13-7-5-6-12(8-13)18-4/h5-8,10,16H,9H2,1-4H3. The van der Waals surface area contributed by atoms with Crippen molar-refractivity contribution in [2.24, 2.45) is 0 Å². The minimum Gasteiger partial charge on any atom is -0.497 e. The lowest BCUT2D eigenvalue weighted by molar-refractivity contribution is 0.328. The van der Waals surface area contributed by atoms with E-state index in [2.05, 4.69) is 31.1 Å². The molecule has 5 nitrogen and oxygen atoms in total. The van der Waals surface area contributed by atoms with E-state index in [1.807, 2.05) is 18.2 Å². The second kappa shape index (κ2) is 5.96. The molecule has 1 aromatic carbocycles. The van der Waals surface area contributed by atoms with Gasteiger partial charge in [-0.3, -0.25) is 0 Å². The fraction of sp³-hybridized carbons (Fsp3) is 0.400. The summed E-state index contributed by atoms with van der Waals surface area (Å²) in [5, 5.41) is 3.34. The van der Waals surface area contributed by atoms with Crippen LogP contribution >= 0.6 is 0 Å². The third kappa shape index (κ3) is 4.28. The normalized spacial score (nSPS) is 11.4. The average Bonchev–Trinajstić information content (AvgIpc) is 2.83. The fourth-order valence-electron chi connectivity index (χ4n) is 1.54. The fourth-order valence-corrected chi connectivity index (χ4v) is 1.54. The highest BCUT2D eigenvalue weighted by molar-refractivity contribution is 5.34. The molecule has 0 bridgehead atoms. The first-order chi connectivity index (χ1) is 9.46. The summed E-state index contributed by atoms with van der Waals surface area (Å²) in [6.07, 6.45) is 1.82. The van der Waals surface area contributed by atoms with Gasteiger partial charge < -0.3 is 19.2 Å². The van der Waals surface area contributed by atoms with Gasteiger partial charge in [-0.1, -0.05) is 6.07 Å². The van der Waals surface area contributed by atoms with E-state index in [9.17, 15) is 0 Å². The Balaban J connectivity index is 1.98. The zero-order chi connectivity index (χ0) is 14.6. The van der Waals surface area contributed by atoms with Gasteiger partial charge in [-0.15, -0.1) is 0 Å². The largest absolute Gasteiger partial charge is 0.497 e. The molecule has 0 saturated carbocycles. The molecule has 108 valence electrons. The van der Waals surface area contributed by atoms with Crippen LogP contribution in [0.1, 0.15) is 26.5 Å². The van der Waals surface area contributed by atoms with Crippen LogP contribution in [-0.4, -0.2) is 17.6 Å². The highest BCUT2D eigenvalue weighted by Crippen LogP contribution is 2.24. The van der Waals surface area contributed by atoms with E-state index < -0.39 is 0 Å². The summed E-state index contributed by atoms with van der Waals surface area (Å²) < 4.78 is 16.0. The van der Waals surface area contributed by atoms with E-state index in [1.54, 1.807) is 19.4 Å². The summed E-state index contributed by atoms with van der Waals surface area (Å²) in [5.41, 5.74) is 0.838. The summed E-state index contributed by atoms with van der Waals surface area (Å²) >= 11 is 0. The highest BCUT2D eigenvalue weighted by atomic mass is 16.6. The van der Waals surface area contributed by atoms with Gasteiger partial charge in [0.15, 0.2) is 0 Å². The molecule has 0 radical (unpaired) electrons. The maximum atomic E-state index is 5.55. The van der Waals surface area contributed by atoms with Crippen molar-refractivity contribution in [3.8, 4) is 17.6 Å². The molecule has 1 N–H and O–H groups in total. The van der Waals surface area contributed by atoms with Gasteiger partial charge in [-0.05, 0) is 32.9 Å². The van der Waals surface area contributed by atoms with Crippen molar-refractivity contribution in [3.63, 3.8) is 0 Å². The van der Waals surface area contributed by atoms with Crippen LogP contribution in [0.15, 0.2) is 34.9 Å². The lowest BCUT2D eigenvalue weighted by Gasteiger charge is -2.19. The van der Waals surface area contributed by atoms with Crippen molar-refractivity contribution in [2.75, 3.05) is 7.11 Å². The van der Waals surface area contributed by atoms with E-state index >= 15 is 0 Å². The van der Waals surface area contributed by atoms with Gasteiger partial charge in [-0.25, -0.2) is 0 Å². The second-order valence-electron chi connectivity index (χ2n) is 5.49. The summed E-state index contributed by atoms with van der Waals surface area (Å²) in [5.74, 6) is 1.35. The topological polar surface area (TPSA) is 56.5 Å². The molecule has 0 amide bonds. The Bertz CT molecular complexity index is 558. The highest BCUT2D eigenvalue weighted by Gasteiger charge is 2.11. The molecule has 1 aromatic heterocycles. The van der Waals surface area contributed by atoms with Crippen molar-refractivity contribution in [1.82, 2.24) is 10.3 Å². The van der Waals surface area contributed by atoms with Gasteiger partial charge >= 0.3 is 6.08 Å². The smallest absolute Gasteiger partial charge is 0.399 e. The molecule has 0 aliphatic carbocycles. The lowest BCUT2D eigenvalue weighted by Crippen LogP contribution is -2.35. The monoisotopic (exact) mass is 276 g/mol. The summed E-state index contributed by atoms with van der Waals surface area (Å²) in [6.45, 7) is 6.93. The molecule has 0 atom stereocenters. The molecule has 5 heteroatoms. The van der Waals surface area contributed by atoms with Crippen LogP contribution in [0.25, 0.3) is 0 Å². The van der Waals surface area contributed by atoms with Gasteiger partial charge in [0.25, 0.3) is 0 Å². The molecule has 2 aromatic rings. The van der Waals surface area contributed by atoms with E-state index in [-0.39, 0.29) is 11.6 Å². The number of nitrogens with zero attached hydrogens (tertiary/aromatic N) is 1. The second-order valence-corrected chi connectivity index (χ2v) is 5.49. The van der Waals surface area contributed by atoms with Crippen LogP contribution < -0.4 is 14.8 Å². The lowest BCUT2D eigenvalue weighted by atomic mass is 10.1. The van der Waals surface area contributed by atoms with Gasteiger partial charge in [0.2, 0.25) is 0 Å². The van der Waals surface area contributed by atoms with Crippen molar-refractivity contribution in [3.05, 3.63) is 36.2 Å². The number of oxazole rings is 1. The minimum atomic E-state index is 0.0345. The number of methoxy groups -OCH3 is 1. The van der Waals surface area contributed by atoms with Crippen molar-refractivity contribution >= 4 is 0 Å². The third-order valence-corrected chi connectivity index (χ3v) is 2.58. The van der Waals surface area contributed by atoms with E-state index in [4.69, 9.17) is 13.9 Å². The number of rotatable bonds is 5. The molecule has 0 saturated heterocycles. The Morgan fingerprint density at radius 2 is 2.00 bits per heavy atom. The summed E-state index contributed by atoms with van der Waals surface area (Å²) in [6, 6.07) is 7.29. The molecule has 0 unspecified atom stereocenters. The zero-order valence-corrected chi connectivity index (χ0v) is 12.3. The summed E-state index contributed by atoms with van der Waals surface area (Å²) in [4.78, 5) is 4.27. The number of hydrogen-bond donors (Lipinski definition) is 1. The number of ether oxygens (including phenoxy) is 2. The van der Waals surface area contributed by atoms with Crippen LogP contribution in [0.3, 0.4) is 0 Å². The SMILES string of the molecule is COc1cccc(Oc2nc(CNC(C)(C)C)co2)c1. The van der Waals surface area contributed by atoms with E-state index in [0.717, 1.165) is 11.4 Å². The number of aromatic nitrogens is 1. The molecule has 0 fully saturated rings. The molecule has 2 rings (SSSR count). The van der Waals surface area contributed by atoms with Gasteiger partial charge in [0, 0.05) is 18.2 Å². The molecule has 0 aliphatic heterocycles. The Hall–Kier alpha value is -2.01. The Morgan fingerprint density at radius 1 is 1.25 bits per heavy atom.